The van der Waals surface area contributed by atoms with E-state index in [9.17, 15) is 4.79 Å². The smallest absolute Gasteiger partial charge is 0.254 e. The summed E-state index contributed by atoms with van der Waals surface area (Å²) in [6.07, 6.45) is 2.02. The number of benzene rings is 2. The molecule has 1 amide bonds. The fraction of sp³-hybridized carbons (Fsp3) is 0.360. The van der Waals surface area contributed by atoms with Gasteiger partial charge in [0, 0.05) is 35.3 Å². The Hall–Kier alpha value is -2.83. The fourth-order valence-corrected chi connectivity index (χ4v) is 4.28. The Labute approximate surface area is 192 Å². The van der Waals surface area contributed by atoms with Gasteiger partial charge in [0.1, 0.15) is 5.69 Å². The molecule has 2 aromatic carbocycles. The summed E-state index contributed by atoms with van der Waals surface area (Å²) >= 11 is 6.03. The largest absolute Gasteiger partial charge is 0.378 e. The number of carbonyl (C=O) groups is 1. The van der Waals surface area contributed by atoms with Crippen molar-refractivity contribution in [1.29, 1.82) is 0 Å². The number of aryl methyl sites for hydroxylation is 1. The monoisotopic (exact) mass is 451 g/mol. The molecule has 0 N–H and O–H groups in total. The Morgan fingerprint density at radius 1 is 1.16 bits per heavy atom. The molecule has 2 heterocycles. The molecule has 6 nitrogen and oxygen atoms in total. The van der Waals surface area contributed by atoms with Crippen molar-refractivity contribution >= 4 is 23.4 Å². The van der Waals surface area contributed by atoms with Gasteiger partial charge in [-0.1, -0.05) is 40.5 Å². The van der Waals surface area contributed by atoms with E-state index in [0.717, 1.165) is 54.2 Å². The van der Waals surface area contributed by atoms with E-state index in [2.05, 4.69) is 29.1 Å². The molecule has 5 rings (SSSR count). The lowest BCUT2D eigenvalue weighted by atomic mass is 10.0. The number of amides is 1. The van der Waals surface area contributed by atoms with Gasteiger partial charge in [-0.05, 0) is 50.1 Å². The molecule has 0 unspecified atom stereocenters. The summed E-state index contributed by atoms with van der Waals surface area (Å²) < 4.78 is 11.4. The molecule has 0 radical (unpaired) electrons. The molecule has 3 aromatic rings. The van der Waals surface area contributed by atoms with Gasteiger partial charge in [-0.2, -0.15) is 0 Å². The Morgan fingerprint density at radius 2 is 1.91 bits per heavy atom. The van der Waals surface area contributed by atoms with Crippen molar-refractivity contribution in [3.63, 3.8) is 0 Å². The van der Waals surface area contributed by atoms with E-state index in [-0.39, 0.29) is 11.9 Å². The van der Waals surface area contributed by atoms with Crippen LogP contribution >= 0.6 is 11.6 Å². The van der Waals surface area contributed by atoms with Gasteiger partial charge in [0.2, 0.25) is 5.88 Å². The number of nitrogens with zero attached hydrogens (tertiary/aromatic N) is 3. The van der Waals surface area contributed by atoms with Gasteiger partial charge < -0.3 is 19.1 Å². The van der Waals surface area contributed by atoms with E-state index in [1.54, 1.807) is 24.3 Å². The molecule has 2 fully saturated rings. The maximum absolute atomic E-state index is 13.5. The van der Waals surface area contributed by atoms with E-state index >= 15 is 0 Å². The Morgan fingerprint density at radius 3 is 2.59 bits per heavy atom. The summed E-state index contributed by atoms with van der Waals surface area (Å²) in [6, 6.07) is 15.6. The first-order chi connectivity index (χ1) is 15.6. The average Bonchev–Trinajstić information content (AvgIpc) is 3.57. The third kappa shape index (κ3) is 4.38. The molecule has 1 aliphatic heterocycles. The highest BCUT2D eigenvalue weighted by Crippen LogP contribution is 2.37. The van der Waals surface area contributed by atoms with Gasteiger partial charge in [-0.25, -0.2) is 0 Å². The molecule has 32 heavy (non-hydrogen) atoms. The third-order valence-electron chi connectivity index (χ3n) is 6.03. The summed E-state index contributed by atoms with van der Waals surface area (Å²) in [4.78, 5) is 17.6. The van der Waals surface area contributed by atoms with Crippen LogP contribution in [0.25, 0.3) is 11.3 Å². The van der Waals surface area contributed by atoms with Gasteiger partial charge in [0.15, 0.2) is 0 Å². The molecule has 0 spiro atoms. The molecular weight excluding hydrogens is 426 g/mol. The van der Waals surface area contributed by atoms with E-state index in [4.69, 9.17) is 20.9 Å². The molecule has 1 saturated heterocycles. The maximum Gasteiger partial charge on any atom is 0.254 e. The second-order valence-electron chi connectivity index (χ2n) is 8.45. The highest BCUT2D eigenvalue weighted by Gasteiger charge is 2.36. The number of morpholine rings is 1. The minimum absolute atomic E-state index is 0.00786. The first kappa shape index (κ1) is 21.0. The van der Waals surface area contributed by atoms with Crippen molar-refractivity contribution in [2.24, 2.45) is 0 Å². The summed E-state index contributed by atoms with van der Waals surface area (Å²) in [5.74, 6) is 0.743. The van der Waals surface area contributed by atoms with E-state index in [0.29, 0.717) is 30.3 Å². The van der Waals surface area contributed by atoms with Crippen molar-refractivity contribution in [1.82, 2.24) is 10.1 Å². The van der Waals surface area contributed by atoms with Crippen molar-refractivity contribution in [3.8, 4) is 11.3 Å². The molecule has 2 aliphatic rings. The SMILES string of the molecule is Cc1cccc(-c2noc(N3CCOCC3)c2CN(C(=O)c2ccc(Cl)cc2)C2CC2)c1. The predicted molar refractivity (Wildman–Crippen MR) is 124 cm³/mol. The first-order valence-electron chi connectivity index (χ1n) is 11.0. The van der Waals surface area contributed by atoms with Gasteiger partial charge in [-0.15, -0.1) is 0 Å². The molecular formula is C25H26ClN3O3. The lowest BCUT2D eigenvalue weighted by Crippen LogP contribution is -2.37. The van der Waals surface area contributed by atoms with Gasteiger partial charge >= 0.3 is 0 Å². The summed E-state index contributed by atoms with van der Waals surface area (Å²) in [6.45, 7) is 5.29. The lowest BCUT2D eigenvalue weighted by molar-refractivity contribution is 0.0729. The standard InChI is InChI=1S/C25H26ClN3O3/c1-17-3-2-4-19(15-17)23-22(25(32-27-23)28-11-13-31-14-12-28)16-29(21-9-10-21)24(30)18-5-7-20(26)8-6-18/h2-8,15,21H,9-14,16H2,1H3. The minimum Gasteiger partial charge on any atom is -0.378 e. The number of carbonyl (C=O) groups excluding carboxylic acids is 1. The van der Waals surface area contributed by atoms with Crippen molar-refractivity contribution in [2.45, 2.75) is 32.4 Å². The quantitative estimate of drug-likeness (QED) is 0.531. The third-order valence-corrected chi connectivity index (χ3v) is 6.28. The zero-order valence-electron chi connectivity index (χ0n) is 18.1. The molecule has 7 heteroatoms. The predicted octanol–water partition coefficient (Wildman–Crippen LogP) is 4.94. The number of rotatable bonds is 6. The van der Waals surface area contributed by atoms with Crippen LogP contribution in [0, 0.1) is 6.92 Å². The van der Waals surface area contributed by atoms with Gasteiger partial charge in [-0.3, -0.25) is 4.79 Å². The van der Waals surface area contributed by atoms with E-state index in [1.165, 1.54) is 0 Å². The van der Waals surface area contributed by atoms with Gasteiger partial charge in [0.25, 0.3) is 5.91 Å². The summed E-state index contributed by atoms with van der Waals surface area (Å²) in [7, 11) is 0. The number of halogens is 1. The number of anilines is 1. The average molecular weight is 452 g/mol. The molecule has 1 saturated carbocycles. The molecule has 166 valence electrons. The normalized spacial score (nSPS) is 16.2. The minimum atomic E-state index is 0.00786. The van der Waals surface area contributed by atoms with Crippen LogP contribution in [0.5, 0.6) is 0 Å². The van der Waals surface area contributed by atoms with E-state index < -0.39 is 0 Å². The Bertz CT molecular complexity index is 1100. The molecule has 1 aromatic heterocycles. The topological polar surface area (TPSA) is 58.8 Å². The summed E-state index contributed by atoms with van der Waals surface area (Å²) in [5, 5.41) is 5.09. The van der Waals surface area contributed by atoms with Crippen molar-refractivity contribution in [2.75, 3.05) is 31.2 Å². The number of hydrogen-bond donors (Lipinski definition) is 0. The number of hydrogen-bond acceptors (Lipinski definition) is 5. The van der Waals surface area contributed by atoms with Crippen LogP contribution in [0.4, 0.5) is 5.88 Å². The Kier molecular flexibility index (Phi) is 5.89. The van der Waals surface area contributed by atoms with Crippen LogP contribution in [0.15, 0.2) is 53.1 Å². The fourth-order valence-electron chi connectivity index (χ4n) is 4.16. The van der Waals surface area contributed by atoms with Crippen LogP contribution in [0.2, 0.25) is 5.02 Å². The maximum atomic E-state index is 13.5. The number of ether oxygens (including phenoxy) is 1. The van der Waals surface area contributed by atoms with E-state index in [1.807, 2.05) is 17.0 Å². The van der Waals surface area contributed by atoms with Crippen molar-refractivity contribution in [3.05, 3.63) is 70.2 Å². The first-order valence-corrected chi connectivity index (χ1v) is 11.4. The van der Waals surface area contributed by atoms with Crippen molar-refractivity contribution < 1.29 is 14.1 Å². The highest BCUT2D eigenvalue weighted by molar-refractivity contribution is 6.30. The lowest BCUT2D eigenvalue weighted by Gasteiger charge is -2.28. The van der Waals surface area contributed by atoms with Crippen LogP contribution in [0.3, 0.4) is 0 Å². The van der Waals surface area contributed by atoms with Gasteiger partial charge in [0.05, 0.1) is 25.3 Å². The summed E-state index contributed by atoms with van der Waals surface area (Å²) in [5.41, 5.74) is 4.54. The van der Waals surface area contributed by atoms with Crippen LogP contribution in [0.1, 0.15) is 34.3 Å². The highest BCUT2D eigenvalue weighted by atomic mass is 35.5. The second kappa shape index (κ2) is 8.96. The zero-order valence-corrected chi connectivity index (χ0v) is 18.8. The second-order valence-corrected chi connectivity index (χ2v) is 8.89. The molecule has 0 atom stereocenters. The molecule has 1 aliphatic carbocycles. The van der Waals surface area contributed by atoms with Crippen LogP contribution < -0.4 is 4.90 Å². The van der Waals surface area contributed by atoms with Crippen LogP contribution in [-0.4, -0.2) is 48.3 Å². The number of aromatic nitrogens is 1. The zero-order chi connectivity index (χ0) is 22.1. The molecule has 0 bridgehead atoms. The van der Waals surface area contributed by atoms with Crippen LogP contribution in [-0.2, 0) is 11.3 Å². The Balaban J connectivity index is 1.53.